The SMILES string of the molecule is Cc1ccc(-c2cc(C3CCN(C(=O)OCc4ccccc4)CC3)[nH]n2)cc1. The van der Waals surface area contributed by atoms with Gasteiger partial charge in [-0.05, 0) is 31.4 Å². The average Bonchev–Trinajstić information content (AvgIpc) is 3.24. The van der Waals surface area contributed by atoms with E-state index in [2.05, 4.69) is 47.5 Å². The van der Waals surface area contributed by atoms with Crippen LogP contribution in [0.15, 0.2) is 60.7 Å². The van der Waals surface area contributed by atoms with Gasteiger partial charge < -0.3 is 9.64 Å². The fraction of sp³-hybridized carbons (Fsp3) is 0.304. The van der Waals surface area contributed by atoms with E-state index in [1.54, 1.807) is 4.90 Å². The molecule has 4 rings (SSSR count). The van der Waals surface area contributed by atoms with Crippen molar-refractivity contribution in [2.45, 2.75) is 32.3 Å². The van der Waals surface area contributed by atoms with Crippen LogP contribution in [0.1, 0.15) is 35.6 Å². The van der Waals surface area contributed by atoms with Crippen molar-refractivity contribution in [2.75, 3.05) is 13.1 Å². The van der Waals surface area contributed by atoms with Gasteiger partial charge in [-0.25, -0.2) is 4.79 Å². The first-order chi connectivity index (χ1) is 13.7. The van der Waals surface area contributed by atoms with E-state index in [0.29, 0.717) is 25.6 Å². The smallest absolute Gasteiger partial charge is 0.410 e. The zero-order chi connectivity index (χ0) is 19.3. The molecular weight excluding hydrogens is 350 g/mol. The molecule has 0 spiro atoms. The van der Waals surface area contributed by atoms with Gasteiger partial charge in [0.25, 0.3) is 0 Å². The Bertz CT molecular complexity index is 911. The fourth-order valence-electron chi connectivity index (χ4n) is 3.60. The summed E-state index contributed by atoms with van der Waals surface area (Å²) in [7, 11) is 0. The monoisotopic (exact) mass is 375 g/mol. The number of H-pyrrole nitrogens is 1. The van der Waals surface area contributed by atoms with Crippen molar-refractivity contribution in [3.8, 4) is 11.3 Å². The first kappa shape index (κ1) is 18.3. The topological polar surface area (TPSA) is 58.2 Å². The number of hydrogen-bond acceptors (Lipinski definition) is 3. The van der Waals surface area contributed by atoms with E-state index in [0.717, 1.165) is 35.4 Å². The summed E-state index contributed by atoms with van der Waals surface area (Å²) in [5, 5.41) is 7.67. The lowest BCUT2D eigenvalue weighted by Crippen LogP contribution is -2.38. The number of aromatic amines is 1. The van der Waals surface area contributed by atoms with E-state index >= 15 is 0 Å². The predicted octanol–water partition coefficient (Wildman–Crippen LogP) is 4.90. The predicted molar refractivity (Wildman–Crippen MR) is 109 cm³/mol. The number of hydrogen-bond donors (Lipinski definition) is 1. The molecule has 0 aliphatic carbocycles. The third-order valence-electron chi connectivity index (χ3n) is 5.34. The van der Waals surface area contributed by atoms with Gasteiger partial charge in [0.1, 0.15) is 6.61 Å². The van der Waals surface area contributed by atoms with Crippen LogP contribution in [-0.4, -0.2) is 34.3 Å². The van der Waals surface area contributed by atoms with Crippen LogP contribution in [0, 0.1) is 6.92 Å². The highest BCUT2D eigenvalue weighted by molar-refractivity contribution is 5.67. The van der Waals surface area contributed by atoms with Gasteiger partial charge in [0.15, 0.2) is 0 Å². The minimum absolute atomic E-state index is 0.229. The Labute approximate surface area is 165 Å². The average molecular weight is 375 g/mol. The number of piperidine rings is 1. The van der Waals surface area contributed by atoms with E-state index in [-0.39, 0.29) is 6.09 Å². The molecule has 1 amide bonds. The minimum atomic E-state index is -0.229. The van der Waals surface area contributed by atoms with E-state index in [4.69, 9.17) is 4.74 Å². The molecule has 0 bridgehead atoms. The van der Waals surface area contributed by atoms with E-state index in [1.165, 1.54) is 5.56 Å². The lowest BCUT2D eigenvalue weighted by molar-refractivity contribution is 0.0868. The molecule has 1 aliphatic heterocycles. The summed E-state index contributed by atoms with van der Waals surface area (Å²) >= 11 is 0. The van der Waals surface area contributed by atoms with Crippen molar-refractivity contribution in [3.63, 3.8) is 0 Å². The quantitative estimate of drug-likeness (QED) is 0.705. The summed E-state index contributed by atoms with van der Waals surface area (Å²) < 4.78 is 5.45. The van der Waals surface area contributed by atoms with Crippen LogP contribution in [0.4, 0.5) is 4.79 Å². The first-order valence-corrected chi connectivity index (χ1v) is 9.77. The summed E-state index contributed by atoms with van der Waals surface area (Å²) in [4.78, 5) is 14.1. The molecule has 1 aromatic heterocycles. The Morgan fingerprint density at radius 1 is 1.11 bits per heavy atom. The standard InChI is InChI=1S/C23H25N3O2/c1-17-7-9-19(10-8-17)21-15-22(25-24-21)20-11-13-26(14-12-20)23(27)28-16-18-5-3-2-4-6-18/h2-10,15,20H,11-14,16H2,1H3,(H,24,25). The highest BCUT2D eigenvalue weighted by Crippen LogP contribution is 2.29. The molecule has 0 unspecified atom stereocenters. The maximum Gasteiger partial charge on any atom is 0.410 e. The molecule has 0 saturated carbocycles. The van der Waals surface area contributed by atoms with Crippen molar-refractivity contribution in [3.05, 3.63) is 77.5 Å². The molecule has 5 nitrogen and oxygen atoms in total. The zero-order valence-electron chi connectivity index (χ0n) is 16.1. The molecule has 2 heterocycles. The number of nitrogens with zero attached hydrogens (tertiary/aromatic N) is 2. The van der Waals surface area contributed by atoms with E-state index in [9.17, 15) is 4.79 Å². The molecule has 3 aromatic rings. The number of nitrogens with one attached hydrogen (secondary N) is 1. The molecule has 0 radical (unpaired) electrons. The number of ether oxygens (including phenoxy) is 1. The van der Waals surface area contributed by atoms with Gasteiger partial charge >= 0.3 is 6.09 Å². The Hall–Kier alpha value is -3.08. The molecule has 1 N–H and O–H groups in total. The van der Waals surface area contributed by atoms with Crippen LogP contribution in [0.5, 0.6) is 0 Å². The Kier molecular flexibility index (Phi) is 5.42. The Morgan fingerprint density at radius 3 is 2.54 bits per heavy atom. The second-order valence-electron chi connectivity index (χ2n) is 7.38. The number of aromatic nitrogens is 2. The number of amides is 1. The molecule has 144 valence electrons. The van der Waals surface area contributed by atoms with Gasteiger partial charge in [-0.15, -0.1) is 0 Å². The Morgan fingerprint density at radius 2 is 1.82 bits per heavy atom. The molecule has 2 aromatic carbocycles. The number of carbonyl (C=O) groups excluding carboxylic acids is 1. The normalized spacial score (nSPS) is 14.8. The second kappa shape index (κ2) is 8.30. The number of rotatable bonds is 4. The van der Waals surface area contributed by atoms with Crippen molar-refractivity contribution < 1.29 is 9.53 Å². The van der Waals surface area contributed by atoms with Gasteiger partial charge in [-0.1, -0.05) is 60.2 Å². The number of likely N-dealkylation sites (tertiary alicyclic amines) is 1. The molecule has 0 atom stereocenters. The second-order valence-corrected chi connectivity index (χ2v) is 7.38. The first-order valence-electron chi connectivity index (χ1n) is 9.77. The maximum atomic E-state index is 12.3. The maximum absolute atomic E-state index is 12.3. The van der Waals surface area contributed by atoms with Crippen LogP contribution >= 0.6 is 0 Å². The summed E-state index contributed by atoms with van der Waals surface area (Å²) in [6, 6.07) is 20.3. The van der Waals surface area contributed by atoms with Crippen LogP contribution < -0.4 is 0 Å². The summed E-state index contributed by atoms with van der Waals surface area (Å²) in [5.74, 6) is 0.393. The summed E-state index contributed by atoms with van der Waals surface area (Å²) in [6.45, 7) is 3.81. The number of aryl methyl sites for hydroxylation is 1. The molecule has 5 heteroatoms. The van der Waals surface area contributed by atoms with Crippen LogP contribution in [0.2, 0.25) is 0 Å². The van der Waals surface area contributed by atoms with Gasteiger partial charge in [0.05, 0.1) is 5.69 Å². The van der Waals surface area contributed by atoms with Crippen molar-refractivity contribution >= 4 is 6.09 Å². The number of benzene rings is 2. The third kappa shape index (κ3) is 4.25. The summed E-state index contributed by atoms with van der Waals surface area (Å²) in [5.41, 5.74) is 5.49. The molecule has 1 aliphatic rings. The van der Waals surface area contributed by atoms with Crippen molar-refractivity contribution in [1.29, 1.82) is 0 Å². The third-order valence-corrected chi connectivity index (χ3v) is 5.34. The van der Waals surface area contributed by atoms with E-state index < -0.39 is 0 Å². The van der Waals surface area contributed by atoms with Crippen LogP contribution in [0.3, 0.4) is 0 Å². The fourth-order valence-corrected chi connectivity index (χ4v) is 3.60. The zero-order valence-corrected chi connectivity index (χ0v) is 16.1. The van der Waals surface area contributed by atoms with Gasteiger partial charge in [0.2, 0.25) is 0 Å². The van der Waals surface area contributed by atoms with Crippen LogP contribution in [0.25, 0.3) is 11.3 Å². The van der Waals surface area contributed by atoms with Crippen molar-refractivity contribution in [1.82, 2.24) is 15.1 Å². The summed E-state index contributed by atoms with van der Waals surface area (Å²) in [6.07, 6.45) is 1.60. The Balaban J connectivity index is 1.30. The highest BCUT2D eigenvalue weighted by Gasteiger charge is 2.26. The van der Waals surface area contributed by atoms with Crippen LogP contribution in [-0.2, 0) is 11.3 Å². The molecule has 1 saturated heterocycles. The highest BCUT2D eigenvalue weighted by atomic mass is 16.6. The molecular formula is C23H25N3O2. The lowest BCUT2D eigenvalue weighted by Gasteiger charge is -2.30. The number of carbonyl (C=O) groups is 1. The van der Waals surface area contributed by atoms with Gasteiger partial charge in [-0.2, -0.15) is 5.10 Å². The van der Waals surface area contributed by atoms with Crippen molar-refractivity contribution in [2.24, 2.45) is 0 Å². The largest absolute Gasteiger partial charge is 0.445 e. The molecule has 28 heavy (non-hydrogen) atoms. The van der Waals surface area contributed by atoms with E-state index in [1.807, 2.05) is 30.3 Å². The minimum Gasteiger partial charge on any atom is -0.445 e. The van der Waals surface area contributed by atoms with Gasteiger partial charge in [-0.3, -0.25) is 5.10 Å². The lowest BCUT2D eigenvalue weighted by atomic mass is 9.93. The van der Waals surface area contributed by atoms with Gasteiger partial charge in [0, 0.05) is 30.3 Å². The molecule has 1 fully saturated rings.